The summed E-state index contributed by atoms with van der Waals surface area (Å²) in [6.07, 6.45) is 89.5. The Morgan fingerprint density at radius 3 is 1.06 bits per heavy atom. The highest BCUT2D eigenvalue weighted by Gasteiger charge is 2.27. The molecule has 2 unspecified atom stereocenters. The van der Waals surface area contributed by atoms with E-state index >= 15 is 0 Å². The Morgan fingerprint density at radius 1 is 0.400 bits per heavy atom. The van der Waals surface area contributed by atoms with E-state index in [9.17, 15) is 19.0 Å². The average Bonchev–Trinajstić information content (AvgIpc) is 3.42. The number of phosphoric ester groups is 1. The molecule has 0 aliphatic carbocycles. The van der Waals surface area contributed by atoms with E-state index in [-0.39, 0.29) is 26.1 Å². The van der Waals surface area contributed by atoms with Crippen LogP contribution in [0, 0.1) is 0 Å². The molecular formula is C70H115NO8P+. The molecule has 0 aromatic rings. The zero-order valence-electron chi connectivity index (χ0n) is 51.2. The quantitative estimate of drug-likeness (QED) is 0.0211. The normalized spacial score (nSPS) is 14.3. The Balaban J connectivity index is 4.06. The van der Waals surface area contributed by atoms with E-state index in [1.807, 2.05) is 33.3 Å². The number of hydrogen-bond donors (Lipinski definition) is 1. The monoisotopic (exact) mass is 1130 g/mol. The number of carbonyl (C=O) groups is 2. The maximum atomic E-state index is 12.8. The summed E-state index contributed by atoms with van der Waals surface area (Å²) in [5.74, 6) is -0.953. The molecule has 0 heterocycles. The molecule has 1 N–H and O–H groups in total. The molecule has 80 heavy (non-hydrogen) atoms. The minimum atomic E-state index is -4.41. The predicted molar refractivity (Wildman–Crippen MR) is 343 cm³/mol. The van der Waals surface area contributed by atoms with Gasteiger partial charge in [0, 0.05) is 6.42 Å². The smallest absolute Gasteiger partial charge is 0.461 e. The number of likely N-dealkylation sites (N-methyl/N-ethyl adjacent to an activating group) is 1. The highest BCUT2D eigenvalue weighted by molar-refractivity contribution is 7.47. The molecule has 10 heteroatoms. The van der Waals surface area contributed by atoms with Crippen molar-refractivity contribution in [3.05, 3.63) is 158 Å². The summed E-state index contributed by atoms with van der Waals surface area (Å²) in [4.78, 5) is 35.6. The first kappa shape index (κ1) is 75.6. The first-order valence-electron chi connectivity index (χ1n) is 31.2. The van der Waals surface area contributed by atoms with Gasteiger partial charge in [-0.2, -0.15) is 0 Å². The third kappa shape index (κ3) is 62.8. The highest BCUT2D eigenvalue weighted by atomic mass is 31.2. The first-order valence-corrected chi connectivity index (χ1v) is 32.7. The van der Waals surface area contributed by atoms with Crippen molar-refractivity contribution in [1.82, 2.24) is 0 Å². The summed E-state index contributed by atoms with van der Waals surface area (Å²) in [5.41, 5.74) is 0. The second-order valence-corrected chi connectivity index (χ2v) is 22.8. The number of rotatable bonds is 55. The van der Waals surface area contributed by atoms with E-state index in [2.05, 4.69) is 154 Å². The van der Waals surface area contributed by atoms with Gasteiger partial charge in [-0.3, -0.25) is 18.6 Å². The first-order chi connectivity index (χ1) is 39.0. The van der Waals surface area contributed by atoms with Crippen LogP contribution in [-0.2, 0) is 32.7 Å². The summed E-state index contributed by atoms with van der Waals surface area (Å²) in [6, 6.07) is 0. The molecule has 0 saturated heterocycles. The molecule has 0 rings (SSSR count). The van der Waals surface area contributed by atoms with Gasteiger partial charge in [-0.15, -0.1) is 0 Å². The second-order valence-electron chi connectivity index (χ2n) is 21.3. The van der Waals surface area contributed by atoms with Crippen molar-refractivity contribution in [3.63, 3.8) is 0 Å². The SMILES string of the molecule is CC/C=C\C/C=C\C/C=C\C/C=C\C/C=C\C/C=C\C/C=C\C/C=C\CCCCCCCCCCCCCCCCCCC(=O)OC(COC(=O)C/C=C\C/C=C\C/C=C\C/C=C\C/C=C\CC)COP(=O)(O)OCC[N+](C)(C)C. The molecule has 0 bridgehead atoms. The predicted octanol–water partition coefficient (Wildman–Crippen LogP) is 20.0. The minimum absolute atomic E-state index is 0.0115. The van der Waals surface area contributed by atoms with Crippen molar-refractivity contribution in [2.45, 2.75) is 225 Å². The molecule has 0 fully saturated rings. The molecule has 0 aliphatic heterocycles. The number of allylic oxidation sites excluding steroid dienone is 25. The van der Waals surface area contributed by atoms with Crippen molar-refractivity contribution in [1.29, 1.82) is 0 Å². The van der Waals surface area contributed by atoms with Crippen LogP contribution in [0.5, 0.6) is 0 Å². The van der Waals surface area contributed by atoms with Gasteiger partial charge in [-0.05, 0) is 103 Å². The molecular weight excluding hydrogens is 1010 g/mol. The lowest BCUT2D eigenvalue weighted by Crippen LogP contribution is -2.37. The number of carbonyl (C=O) groups excluding carboxylic acids is 2. The van der Waals surface area contributed by atoms with Crippen LogP contribution in [0.3, 0.4) is 0 Å². The van der Waals surface area contributed by atoms with Crippen molar-refractivity contribution in [2.24, 2.45) is 0 Å². The van der Waals surface area contributed by atoms with E-state index in [0.29, 0.717) is 23.9 Å². The molecule has 2 atom stereocenters. The maximum Gasteiger partial charge on any atom is 0.472 e. The third-order valence-electron chi connectivity index (χ3n) is 12.6. The Bertz CT molecular complexity index is 1900. The van der Waals surface area contributed by atoms with Crippen LogP contribution < -0.4 is 0 Å². The Labute approximate surface area is 490 Å². The van der Waals surface area contributed by atoms with Crippen LogP contribution in [0.25, 0.3) is 0 Å². The van der Waals surface area contributed by atoms with Crippen molar-refractivity contribution in [3.8, 4) is 0 Å². The Morgan fingerprint density at radius 2 is 0.713 bits per heavy atom. The number of phosphoric acid groups is 1. The maximum absolute atomic E-state index is 12.8. The molecule has 0 aliphatic rings. The molecule has 0 amide bonds. The van der Waals surface area contributed by atoms with Gasteiger partial charge in [0.05, 0.1) is 34.2 Å². The average molecular weight is 1130 g/mol. The third-order valence-corrected chi connectivity index (χ3v) is 13.6. The zero-order chi connectivity index (χ0) is 58.4. The second kappa shape index (κ2) is 59.3. The Hall–Kier alpha value is -4.37. The van der Waals surface area contributed by atoms with Crippen molar-refractivity contribution in [2.75, 3.05) is 47.5 Å². The van der Waals surface area contributed by atoms with Crippen LogP contribution in [0.15, 0.2) is 158 Å². The molecule has 0 saturated carbocycles. The number of ether oxygens (including phenoxy) is 2. The summed E-state index contributed by atoms with van der Waals surface area (Å²) in [5, 5.41) is 0. The standard InChI is InChI=1S/C70H114NO8P/c1-6-8-10-12-14-16-18-20-22-23-24-25-26-27-28-29-30-31-32-33-34-35-36-37-38-39-40-41-42-43-44-45-46-47-49-51-53-55-57-59-61-63-70(73)79-68(67-78-80(74,75)77-65-64-71(3,4)5)66-76-69(72)62-60-58-56-54-52-50-48-21-19-17-15-13-11-9-7-2/h8-11,14-17,20-22,24-25,27-28,30-31,33-34,36-37,48,52,54,58,60,68H,6-7,12-13,18-19,23,26,29,32,35,38-47,49-51,53,55-57,59,61-67H2,1-5H3/p+1/b10-8-,11-9-,16-14-,17-15-,22-20-,25-24-,28-27-,31-30-,34-33-,37-36-,48-21-,54-52-,60-58-. The van der Waals surface area contributed by atoms with E-state index < -0.39 is 32.5 Å². The lowest BCUT2D eigenvalue weighted by molar-refractivity contribution is -0.870. The topological polar surface area (TPSA) is 108 Å². The van der Waals surface area contributed by atoms with Crippen LogP contribution >= 0.6 is 7.82 Å². The lowest BCUT2D eigenvalue weighted by atomic mass is 10.0. The lowest BCUT2D eigenvalue weighted by Gasteiger charge is -2.24. The van der Waals surface area contributed by atoms with Gasteiger partial charge in [-0.25, -0.2) is 4.57 Å². The number of nitrogens with zero attached hydrogens (tertiary/aromatic N) is 1. The van der Waals surface area contributed by atoms with Crippen LogP contribution in [0.2, 0.25) is 0 Å². The number of quaternary nitrogens is 1. The molecule has 0 radical (unpaired) electrons. The van der Waals surface area contributed by atoms with E-state index in [1.54, 1.807) is 6.08 Å². The van der Waals surface area contributed by atoms with E-state index in [0.717, 1.165) is 96.3 Å². The molecule has 0 spiro atoms. The fourth-order valence-electron chi connectivity index (χ4n) is 7.87. The summed E-state index contributed by atoms with van der Waals surface area (Å²) in [6.45, 7) is 4.07. The van der Waals surface area contributed by atoms with Gasteiger partial charge in [0.2, 0.25) is 0 Å². The number of unbranched alkanes of at least 4 members (excludes halogenated alkanes) is 16. The van der Waals surface area contributed by atoms with Crippen LogP contribution in [0.1, 0.15) is 219 Å². The molecule has 9 nitrogen and oxygen atoms in total. The minimum Gasteiger partial charge on any atom is -0.461 e. The van der Waals surface area contributed by atoms with Crippen LogP contribution in [0.4, 0.5) is 0 Å². The van der Waals surface area contributed by atoms with Gasteiger partial charge >= 0.3 is 19.8 Å². The summed E-state index contributed by atoms with van der Waals surface area (Å²) >= 11 is 0. The van der Waals surface area contributed by atoms with Crippen molar-refractivity contribution < 1.29 is 42.1 Å². The van der Waals surface area contributed by atoms with E-state index in [1.165, 1.54) is 83.5 Å². The van der Waals surface area contributed by atoms with E-state index in [4.69, 9.17) is 18.5 Å². The van der Waals surface area contributed by atoms with Gasteiger partial charge in [0.25, 0.3) is 0 Å². The molecule has 0 aromatic heterocycles. The zero-order valence-corrected chi connectivity index (χ0v) is 52.1. The summed E-state index contributed by atoms with van der Waals surface area (Å²) in [7, 11) is 1.41. The summed E-state index contributed by atoms with van der Waals surface area (Å²) < 4.78 is 34.4. The fourth-order valence-corrected chi connectivity index (χ4v) is 8.61. The van der Waals surface area contributed by atoms with Crippen LogP contribution in [-0.4, -0.2) is 74.9 Å². The largest absolute Gasteiger partial charge is 0.472 e. The molecule has 0 aromatic carbocycles. The number of hydrogen-bond acceptors (Lipinski definition) is 7. The van der Waals surface area contributed by atoms with Gasteiger partial charge in [0.1, 0.15) is 19.8 Å². The number of esters is 2. The van der Waals surface area contributed by atoms with Gasteiger partial charge in [-0.1, -0.05) is 262 Å². The molecule has 452 valence electrons. The fraction of sp³-hybridized carbons (Fsp3) is 0.600. The highest BCUT2D eigenvalue weighted by Crippen LogP contribution is 2.43. The van der Waals surface area contributed by atoms with Crippen molar-refractivity contribution >= 4 is 19.8 Å². The van der Waals surface area contributed by atoms with Gasteiger partial charge in [0.15, 0.2) is 6.10 Å². The Kier molecular flexibility index (Phi) is 56.0. The van der Waals surface area contributed by atoms with Gasteiger partial charge < -0.3 is 18.9 Å².